The molecular weight excluding hydrogens is 318 g/mol. The van der Waals surface area contributed by atoms with Gasteiger partial charge in [0, 0.05) is 25.2 Å². The summed E-state index contributed by atoms with van der Waals surface area (Å²) < 4.78 is 0. The van der Waals surface area contributed by atoms with Crippen LogP contribution < -0.4 is 10.6 Å². The van der Waals surface area contributed by atoms with Crippen molar-refractivity contribution >= 4 is 23.4 Å². The summed E-state index contributed by atoms with van der Waals surface area (Å²) in [4.78, 5) is 40.2. The van der Waals surface area contributed by atoms with E-state index in [1.54, 1.807) is 9.80 Å². The van der Waals surface area contributed by atoms with E-state index in [0.29, 0.717) is 19.5 Å². The van der Waals surface area contributed by atoms with Crippen LogP contribution >= 0.6 is 0 Å². The van der Waals surface area contributed by atoms with Gasteiger partial charge < -0.3 is 15.5 Å². The molecule has 2 aliphatic rings. The molecule has 6 nitrogen and oxygen atoms in total. The predicted molar refractivity (Wildman–Crippen MR) is 94.8 cm³/mol. The number of carbonyl (C=O) groups excluding carboxylic acids is 3. The fraction of sp³-hybridized carbons (Fsp3) is 0.526. The Hall–Kier alpha value is -2.37. The van der Waals surface area contributed by atoms with Gasteiger partial charge in [0.2, 0.25) is 17.7 Å². The van der Waals surface area contributed by atoms with Gasteiger partial charge in [-0.15, -0.1) is 0 Å². The van der Waals surface area contributed by atoms with Crippen molar-refractivity contribution < 1.29 is 14.4 Å². The zero-order valence-corrected chi connectivity index (χ0v) is 14.6. The fourth-order valence-electron chi connectivity index (χ4n) is 3.76. The number of amides is 3. The monoisotopic (exact) mass is 343 g/mol. The first-order valence-electron chi connectivity index (χ1n) is 9.00. The maximum absolute atomic E-state index is 12.9. The second-order valence-corrected chi connectivity index (χ2v) is 6.87. The molecule has 2 heterocycles. The van der Waals surface area contributed by atoms with Crippen molar-refractivity contribution in [2.75, 3.05) is 18.0 Å². The zero-order valence-electron chi connectivity index (χ0n) is 14.6. The molecule has 25 heavy (non-hydrogen) atoms. The van der Waals surface area contributed by atoms with Crippen molar-refractivity contribution in [1.29, 1.82) is 0 Å². The number of nitrogens with two attached hydrogens (primary N) is 1. The Bertz CT molecular complexity index is 671. The van der Waals surface area contributed by atoms with E-state index in [2.05, 4.69) is 6.92 Å². The first-order valence-corrected chi connectivity index (χ1v) is 9.00. The van der Waals surface area contributed by atoms with Crippen LogP contribution in [0.3, 0.4) is 0 Å². The second kappa shape index (κ2) is 7.25. The normalized spacial score (nSPS) is 23.8. The number of hydrogen-bond donors (Lipinski definition) is 1. The maximum Gasteiger partial charge on any atom is 0.240 e. The third kappa shape index (κ3) is 3.52. The number of carbonyl (C=O) groups is 3. The van der Waals surface area contributed by atoms with Crippen molar-refractivity contribution in [3.05, 3.63) is 29.8 Å². The molecule has 0 bridgehead atoms. The minimum Gasteiger partial charge on any atom is -0.368 e. The zero-order chi connectivity index (χ0) is 18.0. The molecule has 134 valence electrons. The Morgan fingerprint density at radius 1 is 1.20 bits per heavy atom. The average Bonchev–Trinajstić information content (AvgIpc) is 3.03. The van der Waals surface area contributed by atoms with E-state index < -0.39 is 17.9 Å². The lowest BCUT2D eigenvalue weighted by Gasteiger charge is -2.35. The maximum atomic E-state index is 12.9. The van der Waals surface area contributed by atoms with Crippen molar-refractivity contribution in [1.82, 2.24) is 4.90 Å². The van der Waals surface area contributed by atoms with E-state index in [1.165, 1.54) is 5.56 Å². The molecule has 2 saturated heterocycles. The summed E-state index contributed by atoms with van der Waals surface area (Å²) in [6.07, 6.45) is 3.52. The number of primary amides is 1. The quantitative estimate of drug-likeness (QED) is 0.898. The van der Waals surface area contributed by atoms with E-state index in [1.807, 2.05) is 24.3 Å². The topological polar surface area (TPSA) is 83.7 Å². The van der Waals surface area contributed by atoms with Gasteiger partial charge in [-0.2, -0.15) is 0 Å². The SMILES string of the molecule is CCc1ccc(N2CC(C(=O)N3CCCCC3C(N)=O)CC2=O)cc1. The summed E-state index contributed by atoms with van der Waals surface area (Å²) in [5.41, 5.74) is 7.49. The minimum atomic E-state index is -0.533. The third-order valence-electron chi connectivity index (χ3n) is 5.24. The van der Waals surface area contributed by atoms with Crippen LogP contribution in [0.1, 0.15) is 38.2 Å². The summed E-state index contributed by atoms with van der Waals surface area (Å²) in [7, 11) is 0. The van der Waals surface area contributed by atoms with Crippen LogP contribution in [-0.2, 0) is 20.8 Å². The van der Waals surface area contributed by atoms with Crippen molar-refractivity contribution in [3.8, 4) is 0 Å². The van der Waals surface area contributed by atoms with E-state index in [-0.39, 0.29) is 18.2 Å². The average molecular weight is 343 g/mol. The van der Waals surface area contributed by atoms with E-state index in [0.717, 1.165) is 24.9 Å². The lowest BCUT2D eigenvalue weighted by molar-refractivity contribution is -0.144. The summed E-state index contributed by atoms with van der Waals surface area (Å²) in [6, 6.07) is 7.33. The molecule has 2 aliphatic heterocycles. The Balaban J connectivity index is 1.72. The van der Waals surface area contributed by atoms with Crippen LogP contribution in [0.2, 0.25) is 0 Å². The van der Waals surface area contributed by atoms with Crippen LogP contribution in [0.15, 0.2) is 24.3 Å². The molecule has 0 aliphatic carbocycles. The number of piperidine rings is 1. The van der Waals surface area contributed by atoms with E-state index in [4.69, 9.17) is 5.73 Å². The number of hydrogen-bond acceptors (Lipinski definition) is 3. The molecule has 2 N–H and O–H groups in total. The molecule has 6 heteroatoms. The third-order valence-corrected chi connectivity index (χ3v) is 5.24. The molecular formula is C19H25N3O3. The number of aryl methyl sites for hydroxylation is 1. The van der Waals surface area contributed by atoms with E-state index >= 15 is 0 Å². The predicted octanol–water partition coefficient (Wildman–Crippen LogP) is 1.47. The standard InChI is InChI=1S/C19H25N3O3/c1-2-13-6-8-15(9-7-13)22-12-14(11-17(22)23)19(25)21-10-4-3-5-16(21)18(20)24/h6-9,14,16H,2-5,10-12H2,1H3,(H2,20,24). The molecule has 3 rings (SSSR count). The van der Waals surface area contributed by atoms with Gasteiger partial charge >= 0.3 is 0 Å². The van der Waals surface area contributed by atoms with Crippen molar-refractivity contribution in [2.24, 2.45) is 11.7 Å². The van der Waals surface area contributed by atoms with Crippen LogP contribution in [-0.4, -0.2) is 41.8 Å². The number of rotatable bonds is 4. The number of likely N-dealkylation sites (tertiary alicyclic amines) is 1. The first kappa shape index (κ1) is 17.5. The lowest BCUT2D eigenvalue weighted by Crippen LogP contribution is -2.52. The highest BCUT2D eigenvalue weighted by Crippen LogP contribution is 2.28. The molecule has 1 aromatic rings. The molecule has 2 fully saturated rings. The van der Waals surface area contributed by atoms with E-state index in [9.17, 15) is 14.4 Å². The lowest BCUT2D eigenvalue weighted by atomic mass is 9.98. The highest BCUT2D eigenvalue weighted by atomic mass is 16.2. The number of anilines is 1. The highest BCUT2D eigenvalue weighted by molar-refractivity contribution is 6.01. The molecule has 2 unspecified atom stereocenters. The van der Waals surface area contributed by atoms with Crippen molar-refractivity contribution in [2.45, 2.75) is 45.1 Å². The smallest absolute Gasteiger partial charge is 0.240 e. The van der Waals surface area contributed by atoms with Gasteiger partial charge in [0.15, 0.2) is 0 Å². The molecule has 0 radical (unpaired) electrons. The Labute approximate surface area is 148 Å². The molecule has 0 spiro atoms. The van der Waals surface area contributed by atoms with Gasteiger partial charge in [-0.25, -0.2) is 0 Å². The van der Waals surface area contributed by atoms with Crippen LogP contribution in [0.4, 0.5) is 5.69 Å². The summed E-state index contributed by atoms with van der Waals surface area (Å²) in [6.45, 7) is 2.99. The van der Waals surface area contributed by atoms with Gasteiger partial charge in [0.25, 0.3) is 0 Å². The van der Waals surface area contributed by atoms with Gasteiger partial charge in [-0.1, -0.05) is 19.1 Å². The molecule has 0 saturated carbocycles. The largest absolute Gasteiger partial charge is 0.368 e. The van der Waals surface area contributed by atoms with Gasteiger partial charge in [-0.3, -0.25) is 14.4 Å². The number of nitrogens with zero attached hydrogens (tertiary/aromatic N) is 2. The van der Waals surface area contributed by atoms with Crippen molar-refractivity contribution in [3.63, 3.8) is 0 Å². The van der Waals surface area contributed by atoms with Crippen LogP contribution in [0.25, 0.3) is 0 Å². The second-order valence-electron chi connectivity index (χ2n) is 6.87. The summed E-state index contributed by atoms with van der Waals surface area (Å²) in [5.74, 6) is -1.03. The molecule has 0 aromatic heterocycles. The molecule has 1 aromatic carbocycles. The molecule has 2 atom stereocenters. The first-order chi connectivity index (χ1) is 12.0. The minimum absolute atomic E-state index is 0.0461. The Morgan fingerprint density at radius 3 is 2.56 bits per heavy atom. The summed E-state index contributed by atoms with van der Waals surface area (Å²) >= 11 is 0. The van der Waals surface area contributed by atoms with Gasteiger partial charge in [0.1, 0.15) is 6.04 Å². The van der Waals surface area contributed by atoms with Crippen LogP contribution in [0, 0.1) is 5.92 Å². The van der Waals surface area contributed by atoms with Gasteiger partial charge in [0.05, 0.1) is 5.92 Å². The fourth-order valence-corrected chi connectivity index (χ4v) is 3.76. The number of benzene rings is 1. The van der Waals surface area contributed by atoms with Crippen LogP contribution in [0.5, 0.6) is 0 Å². The molecule has 3 amide bonds. The highest BCUT2D eigenvalue weighted by Gasteiger charge is 2.40. The Kier molecular flexibility index (Phi) is 5.06. The Morgan fingerprint density at radius 2 is 1.92 bits per heavy atom. The summed E-state index contributed by atoms with van der Waals surface area (Å²) in [5, 5.41) is 0. The van der Waals surface area contributed by atoms with Gasteiger partial charge in [-0.05, 0) is 43.4 Å².